The second kappa shape index (κ2) is 4.90. The molecule has 3 heteroatoms. The van der Waals surface area contributed by atoms with E-state index in [1.165, 1.54) is 11.1 Å². The van der Waals surface area contributed by atoms with Crippen molar-refractivity contribution in [2.45, 2.75) is 24.8 Å². The van der Waals surface area contributed by atoms with E-state index in [1.54, 1.807) is 0 Å². The van der Waals surface area contributed by atoms with E-state index in [0.29, 0.717) is 10.9 Å². The molecule has 1 heterocycles. The Morgan fingerprint density at radius 1 is 1.14 bits per heavy atom. The predicted octanol–water partition coefficient (Wildman–Crippen LogP) is 4.82. The molecule has 0 aliphatic heterocycles. The van der Waals surface area contributed by atoms with Crippen LogP contribution in [0, 0.1) is 0 Å². The molecule has 1 aliphatic rings. The van der Waals surface area contributed by atoms with Crippen LogP contribution >= 0.6 is 11.6 Å². The molecule has 0 fully saturated rings. The lowest BCUT2D eigenvalue weighted by Gasteiger charge is -2.18. The van der Waals surface area contributed by atoms with Gasteiger partial charge in [-0.25, -0.2) is 0 Å². The fraction of sp³-hybridized carbons (Fsp3) is 0.222. The van der Waals surface area contributed by atoms with E-state index < -0.39 is 0 Å². The SMILES string of the molecule is NC(c1cc2cccc(Cl)c2o1)C1CCc2ccccc21. The number of furan rings is 1. The van der Waals surface area contributed by atoms with Crippen LogP contribution in [0.25, 0.3) is 11.0 Å². The molecule has 0 radical (unpaired) electrons. The van der Waals surface area contributed by atoms with Crippen molar-refractivity contribution in [1.29, 1.82) is 0 Å². The molecule has 1 aromatic heterocycles. The van der Waals surface area contributed by atoms with E-state index >= 15 is 0 Å². The smallest absolute Gasteiger partial charge is 0.152 e. The van der Waals surface area contributed by atoms with Gasteiger partial charge in [0.2, 0.25) is 0 Å². The average Bonchev–Trinajstić information content (AvgIpc) is 3.11. The van der Waals surface area contributed by atoms with Crippen molar-refractivity contribution in [3.05, 3.63) is 70.4 Å². The van der Waals surface area contributed by atoms with Crippen LogP contribution in [0.15, 0.2) is 52.9 Å². The Morgan fingerprint density at radius 3 is 2.86 bits per heavy atom. The summed E-state index contributed by atoms with van der Waals surface area (Å²) in [5.41, 5.74) is 9.99. The molecule has 0 spiro atoms. The summed E-state index contributed by atoms with van der Waals surface area (Å²) in [5.74, 6) is 1.14. The van der Waals surface area contributed by atoms with Crippen molar-refractivity contribution in [1.82, 2.24) is 0 Å². The van der Waals surface area contributed by atoms with E-state index in [0.717, 1.165) is 29.6 Å². The lowest BCUT2D eigenvalue weighted by atomic mass is 9.92. The van der Waals surface area contributed by atoms with Crippen LogP contribution < -0.4 is 5.73 Å². The van der Waals surface area contributed by atoms with E-state index in [9.17, 15) is 0 Å². The molecule has 2 aromatic carbocycles. The molecule has 1 aliphatic carbocycles. The van der Waals surface area contributed by atoms with Gasteiger partial charge in [0.1, 0.15) is 5.76 Å². The normalized spacial score (nSPS) is 18.9. The molecule has 2 atom stereocenters. The quantitative estimate of drug-likeness (QED) is 0.737. The predicted molar refractivity (Wildman–Crippen MR) is 85.7 cm³/mol. The minimum absolute atomic E-state index is 0.128. The maximum Gasteiger partial charge on any atom is 0.152 e. The minimum Gasteiger partial charge on any atom is -0.458 e. The number of halogens is 1. The molecule has 0 bridgehead atoms. The van der Waals surface area contributed by atoms with Gasteiger partial charge in [0, 0.05) is 11.3 Å². The van der Waals surface area contributed by atoms with Crippen molar-refractivity contribution in [3.63, 3.8) is 0 Å². The van der Waals surface area contributed by atoms with E-state index in [-0.39, 0.29) is 6.04 Å². The third-order valence-corrected chi connectivity index (χ3v) is 4.75. The zero-order valence-corrected chi connectivity index (χ0v) is 12.3. The van der Waals surface area contributed by atoms with Gasteiger partial charge in [-0.3, -0.25) is 0 Å². The Hall–Kier alpha value is -1.77. The van der Waals surface area contributed by atoms with E-state index in [1.807, 2.05) is 24.3 Å². The van der Waals surface area contributed by atoms with E-state index in [4.69, 9.17) is 21.8 Å². The third-order valence-electron chi connectivity index (χ3n) is 4.46. The largest absolute Gasteiger partial charge is 0.458 e. The third kappa shape index (κ3) is 2.06. The minimum atomic E-state index is -0.128. The summed E-state index contributed by atoms with van der Waals surface area (Å²) in [6.07, 6.45) is 2.17. The van der Waals surface area contributed by atoms with E-state index in [2.05, 4.69) is 24.3 Å². The summed E-state index contributed by atoms with van der Waals surface area (Å²) < 4.78 is 5.93. The zero-order valence-electron chi connectivity index (χ0n) is 11.6. The van der Waals surface area contributed by atoms with Gasteiger partial charge in [0.25, 0.3) is 0 Å². The molecule has 106 valence electrons. The first kappa shape index (κ1) is 12.9. The first-order valence-electron chi connectivity index (χ1n) is 7.25. The maximum atomic E-state index is 6.49. The Kier molecular flexibility index (Phi) is 3.02. The molecule has 2 N–H and O–H groups in total. The van der Waals surface area contributed by atoms with Gasteiger partial charge in [-0.1, -0.05) is 48.0 Å². The molecule has 21 heavy (non-hydrogen) atoms. The van der Waals surface area contributed by atoms with Crippen LogP contribution in [0.3, 0.4) is 0 Å². The van der Waals surface area contributed by atoms with Crippen LogP contribution in [0.1, 0.15) is 35.3 Å². The highest BCUT2D eigenvalue weighted by atomic mass is 35.5. The Morgan fingerprint density at radius 2 is 2.00 bits per heavy atom. The number of hydrogen-bond acceptors (Lipinski definition) is 2. The first-order chi connectivity index (χ1) is 10.2. The summed E-state index contributed by atoms with van der Waals surface area (Å²) in [6, 6.07) is 16.2. The van der Waals surface area contributed by atoms with Gasteiger partial charge >= 0.3 is 0 Å². The van der Waals surface area contributed by atoms with Gasteiger partial charge in [-0.2, -0.15) is 0 Å². The number of para-hydroxylation sites is 1. The fourth-order valence-electron chi connectivity index (χ4n) is 3.37. The van der Waals surface area contributed by atoms with Gasteiger partial charge < -0.3 is 10.2 Å². The number of benzene rings is 2. The summed E-state index contributed by atoms with van der Waals surface area (Å²) in [7, 11) is 0. The van der Waals surface area contributed by atoms with Crippen LogP contribution in [0.4, 0.5) is 0 Å². The number of aryl methyl sites for hydroxylation is 1. The molecule has 0 amide bonds. The highest BCUT2D eigenvalue weighted by Gasteiger charge is 2.30. The van der Waals surface area contributed by atoms with Crippen LogP contribution in [0.5, 0.6) is 0 Å². The van der Waals surface area contributed by atoms with Crippen molar-refractivity contribution >= 4 is 22.6 Å². The van der Waals surface area contributed by atoms with Crippen molar-refractivity contribution < 1.29 is 4.42 Å². The number of rotatable bonds is 2. The second-order valence-corrected chi connectivity index (χ2v) is 6.08. The lowest BCUT2D eigenvalue weighted by molar-refractivity contribution is 0.441. The second-order valence-electron chi connectivity index (χ2n) is 5.68. The fourth-order valence-corrected chi connectivity index (χ4v) is 3.59. The average molecular weight is 298 g/mol. The van der Waals surface area contributed by atoms with Gasteiger partial charge in [-0.05, 0) is 36.1 Å². The standard InChI is InChI=1S/C18H16ClNO/c19-15-7-3-5-12-10-16(21-18(12)15)17(20)14-9-8-11-4-1-2-6-13(11)14/h1-7,10,14,17H,8-9,20H2. The molecule has 3 aromatic rings. The van der Waals surface area contributed by atoms with Crippen LogP contribution in [0.2, 0.25) is 5.02 Å². The molecular formula is C18H16ClNO. The molecule has 4 rings (SSSR count). The monoisotopic (exact) mass is 297 g/mol. The Labute approximate surface area is 128 Å². The highest BCUT2D eigenvalue weighted by molar-refractivity contribution is 6.34. The van der Waals surface area contributed by atoms with Crippen molar-refractivity contribution in [2.75, 3.05) is 0 Å². The highest BCUT2D eigenvalue weighted by Crippen LogP contribution is 2.42. The number of fused-ring (bicyclic) bond motifs is 2. The molecule has 0 saturated carbocycles. The molecule has 0 saturated heterocycles. The topological polar surface area (TPSA) is 39.2 Å². The summed E-state index contributed by atoms with van der Waals surface area (Å²) in [6.45, 7) is 0. The molecule has 2 unspecified atom stereocenters. The summed E-state index contributed by atoms with van der Waals surface area (Å²) in [4.78, 5) is 0. The van der Waals surface area contributed by atoms with Crippen molar-refractivity contribution in [3.8, 4) is 0 Å². The Balaban J connectivity index is 1.74. The van der Waals surface area contributed by atoms with Crippen LogP contribution in [-0.4, -0.2) is 0 Å². The van der Waals surface area contributed by atoms with Gasteiger partial charge in [-0.15, -0.1) is 0 Å². The van der Waals surface area contributed by atoms with Gasteiger partial charge in [0.15, 0.2) is 5.58 Å². The first-order valence-corrected chi connectivity index (χ1v) is 7.63. The maximum absolute atomic E-state index is 6.49. The molecule has 2 nitrogen and oxygen atoms in total. The van der Waals surface area contributed by atoms with Crippen molar-refractivity contribution in [2.24, 2.45) is 5.73 Å². The molecular weight excluding hydrogens is 282 g/mol. The summed E-state index contributed by atoms with van der Waals surface area (Å²) in [5, 5.41) is 1.65. The Bertz CT molecular complexity index is 808. The van der Waals surface area contributed by atoms with Crippen LogP contribution in [-0.2, 0) is 6.42 Å². The zero-order chi connectivity index (χ0) is 14.4. The van der Waals surface area contributed by atoms with Gasteiger partial charge in [0.05, 0.1) is 11.1 Å². The number of hydrogen-bond donors (Lipinski definition) is 1. The number of nitrogens with two attached hydrogens (primary N) is 1. The lowest BCUT2D eigenvalue weighted by Crippen LogP contribution is -2.17. The summed E-state index contributed by atoms with van der Waals surface area (Å²) >= 11 is 6.18.